The monoisotopic (exact) mass is 352 g/mol. The predicted octanol–water partition coefficient (Wildman–Crippen LogP) is 2.69. The van der Waals surface area contributed by atoms with E-state index in [0.717, 1.165) is 18.5 Å². The molecule has 0 radical (unpaired) electrons. The highest BCUT2D eigenvalue weighted by Gasteiger charge is 2.20. The van der Waals surface area contributed by atoms with Crippen LogP contribution >= 0.6 is 0 Å². The molecule has 0 atom stereocenters. The molecule has 0 aliphatic carbocycles. The van der Waals surface area contributed by atoms with Crippen molar-refractivity contribution in [3.63, 3.8) is 0 Å². The summed E-state index contributed by atoms with van der Waals surface area (Å²) in [5, 5.41) is 11.7. The van der Waals surface area contributed by atoms with E-state index in [1.54, 1.807) is 36.4 Å². The van der Waals surface area contributed by atoms with Crippen molar-refractivity contribution >= 4 is 23.5 Å². The minimum atomic E-state index is -0.951. The molecule has 2 aromatic carbocycles. The lowest BCUT2D eigenvalue weighted by Gasteiger charge is -2.15. The number of rotatable bonds is 6. The molecule has 26 heavy (non-hydrogen) atoms. The van der Waals surface area contributed by atoms with Gasteiger partial charge in [0.25, 0.3) is 5.91 Å². The Kier molecular flexibility index (Phi) is 5.31. The number of carboxylic acids is 1. The molecule has 2 amide bonds. The summed E-state index contributed by atoms with van der Waals surface area (Å²) in [4.78, 5) is 36.9. The molecule has 0 aromatic heterocycles. The van der Waals surface area contributed by atoms with E-state index >= 15 is 0 Å². The van der Waals surface area contributed by atoms with Gasteiger partial charge in [-0.1, -0.05) is 30.3 Å². The van der Waals surface area contributed by atoms with Crippen LogP contribution in [0.3, 0.4) is 0 Å². The molecule has 0 saturated carbocycles. The zero-order valence-corrected chi connectivity index (χ0v) is 14.3. The zero-order valence-electron chi connectivity index (χ0n) is 14.3. The van der Waals surface area contributed by atoms with Gasteiger partial charge in [-0.15, -0.1) is 0 Å². The SMILES string of the molecule is O=C(O)Cc1ccccc1NC(=O)c1ccc(CN2CCCC2=O)cc1. The highest BCUT2D eigenvalue weighted by Crippen LogP contribution is 2.18. The number of amides is 2. The van der Waals surface area contributed by atoms with Crippen LogP contribution in [-0.4, -0.2) is 34.3 Å². The van der Waals surface area contributed by atoms with E-state index in [0.29, 0.717) is 29.8 Å². The van der Waals surface area contributed by atoms with Gasteiger partial charge in [0.15, 0.2) is 0 Å². The molecule has 2 aromatic rings. The summed E-state index contributed by atoms with van der Waals surface area (Å²) < 4.78 is 0. The molecule has 1 aliphatic heterocycles. The summed E-state index contributed by atoms with van der Waals surface area (Å²) in [5.41, 5.74) is 2.50. The van der Waals surface area contributed by atoms with E-state index in [1.807, 2.05) is 17.0 Å². The summed E-state index contributed by atoms with van der Waals surface area (Å²) in [7, 11) is 0. The minimum Gasteiger partial charge on any atom is -0.481 e. The van der Waals surface area contributed by atoms with E-state index in [2.05, 4.69) is 5.32 Å². The summed E-state index contributed by atoms with van der Waals surface area (Å²) in [5.74, 6) is -1.08. The predicted molar refractivity (Wildman–Crippen MR) is 96.8 cm³/mol. The maximum Gasteiger partial charge on any atom is 0.307 e. The summed E-state index contributed by atoms with van der Waals surface area (Å²) in [6, 6.07) is 14.0. The van der Waals surface area contributed by atoms with Crippen LogP contribution in [0.2, 0.25) is 0 Å². The van der Waals surface area contributed by atoms with Gasteiger partial charge in [0, 0.05) is 30.8 Å². The first kappa shape index (κ1) is 17.7. The summed E-state index contributed by atoms with van der Waals surface area (Å²) in [6.45, 7) is 1.34. The van der Waals surface area contributed by atoms with Crippen LogP contribution in [0.1, 0.15) is 34.3 Å². The quantitative estimate of drug-likeness (QED) is 0.837. The first-order valence-corrected chi connectivity index (χ1v) is 8.50. The number of carbonyl (C=O) groups is 3. The van der Waals surface area contributed by atoms with E-state index in [-0.39, 0.29) is 18.2 Å². The maximum atomic E-state index is 12.4. The topological polar surface area (TPSA) is 86.7 Å². The van der Waals surface area contributed by atoms with Gasteiger partial charge in [-0.2, -0.15) is 0 Å². The van der Waals surface area contributed by atoms with Crippen LogP contribution < -0.4 is 5.32 Å². The van der Waals surface area contributed by atoms with Gasteiger partial charge in [0.2, 0.25) is 5.91 Å². The Morgan fingerprint density at radius 1 is 1.08 bits per heavy atom. The largest absolute Gasteiger partial charge is 0.481 e. The number of nitrogens with zero attached hydrogens (tertiary/aromatic N) is 1. The third-order valence-corrected chi connectivity index (χ3v) is 4.37. The van der Waals surface area contributed by atoms with Gasteiger partial charge in [0.05, 0.1) is 6.42 Å². The Morgan fingerprint density at radius 2 is 1.81 bits per heavy atom. The number of nitrogens with one attached hydrogen (secondary N) is 1. The maximum absolute atomic E-state index is 12.4. The number of carbonyl (C=O) groups excluding carboxylic acids is 2. The number of likely N-dealkylation sites (tertiary alicyclic amines) is 1. The Bertz CT molecular complexity index is 830. The first-order valence-electron chi connectivity index (χ1n) is 8.50. The number of aliphatic carboxylic acids is 1. The van der Waals surface area contributed by atoms with Crippen molar-refractivity contribution in [1.29, 1.82) is 0 Å². The van der Waals surface area contributed by atoms with Gasteiger partial charge in [0.1, 0.15) is 0 Å². The highest BCUT2D eigenvalue weighted by atomic mass is 16.4. The molecule has 1 heterocycles. The lowest BCUT2D eigenvalue weighted by atomic mass is 10.1. The highest BCUT2D eigenvalue weighted by molar-refractivity contribution is 6.04. The van der Waals surface area contributed by atoms with Crippen molar-refractivity contribution < 1.29 is 19.5 Å². The van der Waals surface area contributed by atoms with Crippen molar-refractivity contribution in [1.82, 2.24) is 4.90 Å². The van der Waals surface area contributed by atoms with E-state index in [9.17, 15) is 14.4 Å². The van der Waals surface area contributed by atoms with Crippen molar-refractivity contribution in [3.05, 3.63) is 65.2 Å². The Balaban J connectivity index is 1.67. The van der Waals surface area contributed by atoms with Crippen molar-refractivity contribution in [3.8, 4) is 0 Å². The zero-order chi connectivity index (χ0) is 18.5. The van der Waals surface area contributed by atoms with Crippen LogP contribution in [0.25, 0.3) is 0 Å². The number of carboxylic acid groups (broad SMARTS) is 1. The standard InChI is InChI=1S/C20H20N2O4/c23-18-6-3-11-22(18)13-14-7-9-15(10-8-14)20(26)21-17-5-2-1-4-16(17)12-19(24)25/h1-2,4-5,7-10H,3,6,11-13H2,(H,21,26)(H,24,25). The number of para-hydroxylation sites is 1. The average molecular weight is 352 g/mol. The van der Waals surface area contributed by atoms with Gasteiger partial charge < -0.3 is 15.3 Å². The Hall–Kier alpha value is -3.15. The smallest absolute Gasteiger partial charge is 0.307 e. The molecular weight excluding hydrogens is 332 g/mol. The molecule has 1 fully saturated rings. The molecular formula is C20H20N2O4. The van der Waals surface area contributed by atoms with Crippen molar-refractivity contribution in [2.45, 2.75) is 25.8 Å². The van der Waals surface area contributed by atoms with Crippen LogP contribution in [0.15, 0.2) is 48.5 Å². The van der Waals surface area contributed by atoms with Crippen LogP contribution in [0.4, 0.5) is 5.69 Å². The average Bonchev–Trinajstić information content (AvgIpc) is 3.01. The number of anilines is 1. The molecule has 1 saturated heterocycles. The minimum absolute atomic E-state index is 0.154. The summed E-state index contributed by atoms with van der Waals surface area (Å²) >= 11 is 0. The van der Waals surface area contributed by atoms with Crippen molar-refractivity contribution in [2.75, 3.05) is 11.9 Å². The molecule has 0 bridgehead atoms. The second kappa shape index (κ2) is 7.82. The van der Waals surface area contributed by atoms with Crippen molar-refractivity contribution in [2.24, 2.45) is 0 Å². The molecule has 1 aliphatic rings. The second-order valence-corrected chi connectivity index (χ2v) is 6.30. The van der Waals surface area contributed by atoms with E-state index < -0.39 is 5.97 Å². The van der Waals surface area contributed by atoms with Crippen LogP contribution in [0.5, 0.6) is 0 Å². The van der Waals surface area contributed by atoms with E-state index in [1.165, 1.54) is 0 Å². The number of hydrogen-bond donors (Lipinski definition) is 2. The van der Waals surface area contributed by atoms with Gasteiger partial charge >= 0.3 is 5.97 Å². The number of benzene rings is 2. The Morgan fingerprint density at radius 3 is 2.46 bits per heavy atom. The fourth-order valence-electron chi connectivity index (χ4n) is 3.01. The fraction of sp³-hybridized carbons (Fsp3) is 0.250. The molecule has 6 heteroatoms. The first-order chi connectivity index (χ1) is 12.5. The molecule has 134 valence electrons. The third-order valence-electron chi connectivity index (χ3n) is 4.37. The van der Waals surface area contributed by atoms with Crippen LogP contribution in [0, 0.1) is 0 Å². The molecule has 2 N–H and O–H groups in total. The lowest BCUT2D eigenvalue weighted by Crippen LogP contribution is -2.23. The summed E-state index contributed by atoms with van der Waals surface area (Å²) in [6.07, 6.45) is 1.35. The normalized spacial score (nSPS) is 13.7. The van der Waals surface area contributed by atoms with Gasteiger partial charge in [-0.25, -0.2) is 0 Å². The second-order valence-electron chi connectivity index (χ2n) is 6.30. The molecule has 6 nitrogen and oxygen atoms in total. The van der Waals surface area contributed by atoms with Gasteiger partial charge in [-0.05, 0) is 35.7 Å². The fourth-order valence-corrected chi connectivity index (χ4v) is 3.01. The third kappa shape index (κ3) is 4.27. The molecule has 3 rings (SSSR count). The Labute approximate surface area is 151 Å². The van der Waals surface area contributed by atoms with Gasteiger partial charge in [-0.3, -0.25) is 14.4 Å². The molecule has 0 unspecified atom stereocenters. The van der Waals surface area contributed by atoms with E-state index in [4.69, 9.17) is 5.11 Å². The number of hydrogen-bond acceptors (Lipinski definition) is 3. The lowest BCUT2D eigenvalue weighted by molar-refractivity contribution is -0.136. The van der Waals surface area contributed by atoms with Crippen LogP contribution in [-0.2, 0) is 22.6 Å². The molecule has 0 spiro atoms.